The fraction of sp³-hybridized carbons (Fsp3) is 0.290. The van der Waals surface area contributed by atoms with Crippen LogP contribution >= 0.6 is 23.2 Å². The zero-order valence-corrected chi connectivity index (χ0v) is 24.9. The summed E-state index contributed by atoms with van der Waals surface area (Å²) in [6.45, 7) is 3.46. The second-order valence-electron chi connectivity index (χ2n) is 11.3. The zero-order chi connectivity index (χ0) is 31.3. The van der Waals surface area contributed by atoms with Gasteiger partial charge in [-0.15, -0.1) is 0 Å². The molecule has 5 rings (SSSR count). The van der Waals surface area contributed by atoms with Crippen LogP contribution in [-0.4, -0.2) is 36.9 Å². The van der Waals surface area contributed by atoms with Gasteiger partial charge in [0.05, 0.1) is 35.3 Å². The molecule has 2 heterocycles. The predicted molar refractivity (Wildman–Crippen MR) is 161 cm³/mol. The van der Waals surface area contributed by atoms with E-state index in [2.05, 4.69) is 22.0 Å². The van der Waals surface area contributed by atoms with E-state index in [0.29, 0.717) is 16.3 Å². The molecule has 0 radical (unpaired) electrons. The lowest BCUT2D eigenvalue weighted by atomic mass is 9.62. The topological polar surface area (TPSA) is 146 Å². The third-order valence-corrected chi connectivity index (χ3v) is 8.69. The maximum Gasteiger partial charge on any atom is 0.248 e. The van der Waals surface area contributed by atoms with Crippen LogP contribution in [0.15, 0.2) is 54.6 Å². The molecule has 3 amide bonds. The average molecular weight is 625 g/mol. The number of halogens is 3. The van der Waals surface area contributed by atoms with Crippen LogP contribution in [0, 0.1) is 22.6 Å². The van der Waals surface area contributed by atoms with Gasteiger partial charge in [0.15, 0.2) is 0 Å². The van der Waals surface area contributed by atoms with Crippen molar-refractivity contribution in [1.29, 1.82) is 5.26 Å². The minimum Gasteiger partial charge on any atom is -0.495 e. The van der Waals surface area contributed by atoms with E-state index in [1.54, 1.807) is 38.1 Å². The number of primary amides is 1. The van der Waals surface area contributed by atoms with Gasteiger partial charge in [0.25, 0.3) is 0 Å². The minimum absolute atomic E-state index is 0.0476. The normalized spacial score (nSPS) is 22.5. The first-order chi connectivity index (χ1) is 20.3. The maximum atomic E-state index is 15.9. The average Bonchev–Trinajstić information content (AvgIpc) is 3.44. The summed E-state index contributed by atoms with van der Waals surface area (Å²) in [6.07, 6.45) is 0.137. The number of anilines is 2. The molecule has 2 aliphatic rings. The number of nitrogens with zero attached hydrogens (tertiary/aromatic N) is 1. The van der Waals surface area contributed by atoms with Gasteiger partial charge in [-0.1, -0.05) is 41.4 Å². The van der Waals surface area contributed by atoms with Crippen LogP contribution in [0.4, 0.5) is 15.8 Å². The molecule has 0 aliphatic carbocycles. The lowest BCUT2D eigenvalue weighted by Gasteiger charge is -2.37. The first kappa shape index (κ1) is 30.3. The molecular weight excluding hydrogens is 596 g/mol. The molecule has 0 bridgehead atoms. The lowest BCUT2D eigenvalue weighted by molar-refractivity contribution is -0.122. The molecular formula is C31H28Cl2FN5O4. The largest absolute Gasteiger partial charge is 0.495 e. The number of carbonyl (C=O) groups excluding carboxylic acids is 3. The fourth-order valence-electron chi connectivity index (χ4n) is 6.25. The van der Waals surface area contributed by atoms with Crippen molar-refractivity contribution in [2.24, 2.45) is 11.1 Å². The van der Waals surface area contributed by atoms with Crippen LogP contribution in [0.5, 0.6) is 5.75 Å². The van der Waals surface area contributed by atoms with Gasteiger partial charge < -0.3 is 26.4 Å². The zero-order valence-electron chi connectivity index (χ0n) is 23.4. The summed E-state index contributed by atoms with van der Waals surface area (Å²) in [5.41, 5.74) is 4.30. The number of amides is 3. The molecule has 3 aromatic carbocycles. The van der Waals surface area contributed by atoms with Gasteiger partial charge in [0.1, 0.15) is 17.0 Å². The number of hydrogen-bond acceptors (Lipinski definition) is 6. The Morgan fingerprint density at radius 1 is 1.19 bits per heavy atom. The van der Waals surface area contributed by atoms with E-state index in [-0.39, 0.29) is 34.0 Å². The van der Waals surface area contributed by atoms with Crippen molar-refractivity contribution in [2.45, 2.75) is 43.7 Å². The molecule has 4 atom stereocenters. The quantitative estimate of drug-likeness (QED) is 0.287. The number of carbonyl (C=O) groups is 3. The molecule has 43 heavy (non-hydrogen) atoms. The summed E-state index contributed by atoms with van der Waals surface area (Å²) < 4.78 is 21.3. The summed E-state index contributed by atoms with van der Waals surface area (Å²) in [7, 11) is 1.37. The highest BCUT2D eigenvalue weighted by atomic mass is 35.5. The van der Waals surface area contributed by atoms with Crippen molar-refractivity contribution in [3.63, 3.8) is 0 Å². The van der Waals surface area contributed by atoms with Crippen molar-refractivity contribution in [2.75, 3.05) is 17.7 Å². The Balaban J connectivity index is 1.71. The molecule has 9 nitrogen and oxygen atoms in total. The van der Waals surface area contributed by atoms with Gasteiger partial charge in [-0.25, -0.2) is 4.39 Å². The first-order valence-corrected chi connectivity index (χ1v) is 14.1. The van der Waals surface area contributed by atoms with Gasteiger partial charge in [0.2, 0.25) is 17.7 Å². The molecule has 1 spiro atoms. The Hall–Kier alpha value is -4.17. The summed E-state index contributed by atoms with van der Waals surface area (Å²) >= 11 is 12.5. The third-order valence-electron chi connectivity index (χ3n) is 8.17. The number of ether oxygens (including phenoxy) is 1. The second kappa shape index (κ2) is 11.2. The second-order valence-corrected chi connectivity index (χ2v) is 12.1. The highest BCUT2D eigenvalue weighted by Gasteiger charge is 2.66. The Labute approximate surface area is 257 Å². The Morgan fingerprint density at radius 2 is 1.93 bits per heavy atom. The van der Waals surface area contributed by atoms with Crippen molar-refractivity contribution in [3.8, 4) is 11.8 Å². The summed E-state index contributed by atoms with van der Waals surface area (Å²) in [4.78, 5) is 40.1. The molecule has 3 aromatic rings. The van der Waals surface area contributed by atoms with E-state index in [1.165, 1.54) is 37.4 Å². The number of nitrogens with two attached hydrogens (primary N) is 1. The standard InChI is InChI=1S/C31H28Cl2FN5O4/c1-30(2,14-35)13-23-31(18-9-8-16(32)12-21(18)38-29(31)42)24(17-5-4-6-19(33)25(17)34)26(39-23)28(41)37-20-10-7-15(27(36)40)11-22(20)43-3/h4-12,23-24,26,39H,13H2,1-3H3,(H2,36,40)(H,37,41)(H,38,42). The Kier molecular flexibility index (Phi) is 7.86. The van der Waals surface area contributed by atoms with E-state index in [1.807, 2.05) is 0 Å². The molecule has 4 unspecified atom stereocenters. The molecule has 0 saturated carbocycles. The Bertz CT molecular complexity index is 1710. The van der Waals surface area contributed by atoms with E-state index >= 15 is 4.39 Å². The van der Waals surface area contributed by atoms with E-state index in [0.717, 1.165) is 0 Å². The number of benzene rings is 3. The number of nitrogens with one attached hydrogen (secondary N) is 3. The van der Waals surface area contributed by atoms with Crippen LogP contribution in [0.1, 0.15) is 47.7 Å². The SMILES string of the molecule is COc1cc(C(N)=O)ccc1NC(=O)C1NC(CC(C)(C)C#N)C2(C(=O)Nc3cc(Cl)ccc32)C1c1cccc(Cl)c1F. The third kappa shape index (κ3) is 5.07. The molecule has 2 aliphatic heterocycles. The number of rotatable bonds is 7. The number of methoxy groups -OCH3 is 1. The van der Waals surface area contributed by atoms with Gasteiger partial charge in [-0.2, -0.15) is 5.26 Å². The fourth-order valence-corrected chi connectivity index (χ4v) is 6.61. The summed E-state index contributed by atoms with van der Waals surface area (Å²) in [6, 6.07) is 13.9. The molecule has 1 fully saturated rings. The van der Waals surface area contributed by atoms with Crippen LogP contribution in [0.25, 0.3) is 0 Å². The van der Waals surface area contributed by atoms with Crippen LogP contribution in [-0.2, 0) is 15.0 Å². The van der Waals surface area contributed by atoms with Crippen molar-refractivity contribution < 1.29 is 23.5 Å². The number of nitriles is 1. The summed E-state index contributed by atoms with van der Waals surface area (Å²) in [5.74, 6) is -3.49. The van der Waals surface area contributed by atoms with Crippen LogP contribution in [0.3, 0.4) is 0 Å². The molecule has 0 aromatic heterocycles. The van der Waals surface area contributed by atoms with Crippen molar-refractivity contribution in [1.82, 2.24) is 5.32 Å². The highest BCUT2D eigenvalue weighted by Crippen LogP contribution is 2.57. The summed E-state index contributed by atoms with van der Waals surface area (Å²) in [5, 5.41) is 19.1. The molecule has 222 valence electrons. The van der Waals surface area contributed by atoms with E-state index < -0.39 is 52.4 Å². The molecule has 1 saturated heterocycles. The molecule has 5 N–H and O–H groups in total. The number of hydrogen-bond donors (Lipinski definition) is 4. The van der Waals surface area contributed by atoms with Gasteiger partial charge >= 0.3 is 0 Å². The monoisotopic (exact) mass is 623 g/mol. The lowest BCUT2D eigenvalue weighted by Crippen LogP contribution is -2.50. The van der Waals surface area contributed by atoms with Gasteiger partial charge in [-0.3, -0.25) is 14.4 Å². The van der Waals surface area contributed by atoms with E-state index in [9.17, 15) is 19.6 Å². The highest BCUT2D eigenvalue weighted by molar-refractivity contribution is 6.31. The Morgan fingerprint density at radius 3 is 2.60 bits per heavy atom. The van der Waals surface area contributed by atoms with E-state index in [4.69, 9.17) is 33.7 Å². The maximum absolute atomic E-state index is 15.9. The van der Waals surface area contributed by atoms with Crippen molar-refractivity contribution >= 4 is 52.3 Å². The van der Waals surface area contributed by atoms with Gasteiger partial charge in [0, 0.05) is 28.2 Å². The molecule has 12 heteroatoms. The minimum atomic E-state index is -1.54. The number of fused-ring (bicyclic) bond motifs is 2. The first-order valence-electron chi connectivity index (χ1n) is 13.4. The smallest absolute Gasteiger partial charge is 0.248 e. The van der Waals surface area contributed by atoms with Crippen LogP contribution in [0.2, 0.25) is 10.0 Å². The predicted octanol–water partition coefficient (Wildman–Crippen LogP) is 5.13. The van der Waals surface area contributed by atoms with Gasteiger partial charge in [-0.05, 0) is 67.8 Å². The van der Waals surface area contributed by atoms with Crippen molar-refractivity contribution in [3.05, 3.63) is 87.2 Å². The van der Waals surface area contributed by atoms with Crippen LogP contribution < -0.4 is 26.4 Å².